The van der Waals surface area contributed by atoms with E-state index in [1.807, 2.05) is 6.07 Å². The summed E-state index contributed by atoms with van der Waals surface area (Å²) in [6, 6.07) is 1.84. The molecule has 1 fully saturated rings. The van der Waals surface area contributed by atoms with Crippen molar-refractivity contribution in [3.63, 3.8) is 0 Å². The number of ether oxygens (including phenoxy) is 1. The molecule has 0 aromatic carbocycles. The molecule has 1 aliphatic rings. The number of aromatic amines is 1. The Balaban J connectivity index is 1.70. The number of fused-ring (bicyclic) bond motifs is 1. The second-order valence-corrected chi connectivity index (χ2v) is 5.21. The molecule has 108 valence electrons. The quantitative estimate of drug-likeness (QED) is 0.780. The molecule has 21 heavy (non-hydrogen) atoms. The van der Waals surface area contributed by atoms with Crippen LogP contribution in [0.4, 0.5) is 5.69 Å². The molecule has 1 atom stereocenters. The highest BCUT2D eigenvalue weighted by Crippen LogP contribution is 2.28. The molecule has 0 saturated carbocycles. The van der Waals surface area contributed by atoms with Crippen molar-refractivity contribution in [1.29, 1.82) is 0 Å². The molecule has 1 N–H and O–H groups in total. The largest absolute Gasteiger partial charge is 0.367 e. The predicted octanol–water partition coefficient (Wildman–Crippen LogP) is 1.68. The fraction of sp³-hybridized carbons (Fsp3) is 0.308. The number of morpholine rings is 1. The summed E-state index contributed by atoms with van der Waals surface area (Å²) in [5.41, 5.74) is 1.75. The first kappa shape index (κ1) is 12.6. The highest BCUT2D eigenvalue weighted by atomic mass is 35.5. The molecule has 4 heterocycles. The van der Waals surface area contributed by atoms with Crippen LogP contribution in [-0.2, 0) is 4.74 Å². The van der Waals surface area contributed by atoms with E-state index in [0.717, 1.165) is 23.7 Å². The zero-order chi connectivity index (χ0) is 14.2. The molecule has 0 radical (unpaired) electrons. The lowest BCUT2D eigenvalue weighted by Crippen LogP contribution is -2.39. The SMILES string of the molecule is Clc1cc(N2CCOC(c3ncc[nH]3)C2)c2nccn2n1. The van der Waals surface area contributed by atoms with Crippen LogP contribution in [0.2, 0.25) is 5.15 Å². The van der Waals surface area contributed by atoms with Crippen molar-refractivity contribution in [2.24, 2.45) is 0 Å². The van der Waals surface area contributed by atoms with Crippen molar-refractivity contribution < 1.29 is 4.74 Å². The molecule has 1 saturated heterocycles. The zero-order valence-electron chi connectivity index (χ0n) is 11.1. The molecular weight excluding hydrogens is 292 g/mol. The van der Waals surface area contributed by atoms with E-state index in [2.05, 4.69) is 25.0 Å². The maximum Gasteiger partial charge on any atom is 0.177 e. The van der Waals surface area contributed by atoms with Gasteiger partial charge in [0.1, 0.15) is 11.9 Å². The van der Waals surface area contributed by atoms with Gasteiger partial charge in [0.15, 0.2) is 10.8 Å². The molecule has 1 unspecified atom stereocenters. The number of hydrogen-bond acceptors (Lipinski definition) is 5. The van der Waals surface area contributed by atoms with Gasteiger partial charge in [-0.3, -0.25) is 0 Å². The van der Waals surface area contributed by atoms with E-state index in [9.17, 15) is 0 Å². The minimum atomic E-state index is -0.0873. The van der Waals surface area contributed by atoms with E-state index in [0.29, 0.717) is 18.3 Å². The lowest BCUT2D eigenvalue weighted by Gasteiger charge is -2.33. The van der Waals surface area contributed by atoms with Crippen molar-refractivity contribution in [3.8, 4) is 0 Å². The van der Waals surface area contributed by atoms with E-state index in [1.54, 1.807) is 29.3 Å². The van der Waals surface area contributed by atoms with Gasteiger partial charge in [0, 0.05) is 37.4 Å². The van der Waals surface area contributed by atoms with Crippen LogP contribution in [0.1, 0.15) is 11.9 Å². The summed E-state index contributed by atoms with van der Waals surface area (Å²) in [5, 5.41) is 4.64. The van der Waals surface area contributed by atoms with Gasteiger partial charge in [-0.15, -0.1) is 0 Å². The molecule has 0 aliphatic carbocycles. The molecule has 4 rings (SSSR count). The third-order valence-electron chi connectivity index (χ3n) is 3.54. The number of anilines is 1. The Kier molecular flexibility index (Phi) is 3.01. The Morgan fingerprint density at radius 3 is 3.14 bits per heavy atom. The zero-order valence-corrected chi connectivity index (χ0v) is 11.9. The van der Waals surface area contributed by atoms with Crippen LogP contribution in [0.5, 0.6) is 0 Å². The Morgan fingerprint density at radius 2 is 2.29 bits per heavy atom. The van der Waals surface area contributed by atoms with E-state index in [4.69, 9.17) is 16.3 Å². The summed E-state index contributed by atoms with van der Waals surface area (Å²) in [4.78, 5) is 13.9. The van der Waals surface area contributed by atoms with E-state index >= 15 is 0 Å². The Bertz CT molecular complexity index is 755. The first-order chi connectivity index (χ1) is 10.3. The monoisotopic (exact) mass is 304 g/mol. The summed E-state index contributed by atoms with van der Waals surface area (Å²) >= 11 is 6.10. The molecule has 3 aromatic rings. The molecule has 0 spiro atoms. The number of rotatable bonds is 2. The number of hydrogen-bond donors (Lipinski definition) is 1. The lowest BCUT2D eigenvalue weighted by molar-refractivity contribution is 0.0346. The van der Waals surface area contributed by atoms with Crippen LogP contribution in [0.25, 0.3) is 5.65 Å². The first-order valence-corrected chi connectivity index (χ1v) is 7.05. The second kappa shape index (κ2) is 5.01. The van der Waals surface area contributed by atoms with Crippen LogP contribution in [0.15, 0.2) is 30.9 Å². The van der Waals surface area contributed by atoms with Gasteiger partial charge in [-0.25, -0.2) is 14.5 Å². The van der Waals surface area contributed by atoms with Gasteiger partial charge in [-0.05, 0) is 0 Å². The minimum Gasteiger partial charge on any atom is -0.367 e. The van der Waals surface area contributed by atoms with Gasteiger partial charge >= 0.3 is 0 Å². The van der Waals surface area contributed by atoms with Crippen LogP contribution >= 0.6 is 11.6 Å². The van der Waals surface area contributed by atoms with Gasteiger partial charge in [0.05, 0.1) is 18.8 Å². The number of imidazole rings is 2. The number of nitrogens with one attached hydrogen (secondary N) is 1. The summed E-state index contributed by atoms with van der Waals surface area (Å²) in [7, 11) is 0. The summed E-state index contributed by atoms with van der Waals surface area (Å²) < 4.78 is 7.48. The van der Waals surface area contributed by atoms with Crippen LogP contribution < -0.4 is 4.90 Å². The van der Waals surface area contributed by atoms with E-state index < -0.39 is 0 Å². The predicted molar refractivity (Wildman–Crippen MR) is 77.5 cm³/mol. The van der Waals surface area contributed by atoms with Crippen molar-refractivity contribution in [3.05, 3.63) is 41.8 Å². The first-order valence-electron chi connectivity index (χ1n) is 6.67. The topological polar surface area (TPSA) is 71.3 Å². The van der Waals surface area contributed by atoms with Crippen molar-refractivity contribution >= 4 is 22.9 Å². The minimum absolute atomic E-state index is 0.0873. The third kappa shape index (κ3) is 2.24. The molecule has 0 amide bonds. The van der Waals surface area contributed by atoms with Crippen molar-refractivity contribution in [2.45, 2.75) is 6.10 Å². The molecular formula is C13H13ClN6O. The normalized spacial score (nSPS) is 19.3. The standard InChI is InChI=1S/C13H13ClN6O/c14-11-7-9(13-17-3-4-20(13)18-11)19-5-6-21-10(8-19)12-15-1-2-16-12/h1-4,7,10H,5-6,8H2,(H,15,16). The van der Waals surface area contributed by atoms with Gasteiger partial charge in [0.2, 0.25) is 0 Å². The fourth-order valence-corrected chi connectivity index (χ4v) is 2.77. The fourth-order valence-electron chi connectivity index (χ4n) is 2.59. The Hall–Kier alpha value is -2.12. The molecule has 3 aromatic heterocycles. The lowest BCUT2D eigenvalue weighted by atomic mass is 10.2. The highest BCUT2D eigenvalue weighted by molar-refractivity contribution is 6.29. The number of nitrogens with zero attached hydrogens (tertiary/aromatic N) is 5. The van der Waals surface area contributed by atoms with Crippen molar-refractivity contribution in [2.75, 3.05) is 24.6 Å². The van der Waals surface area contributed by atoms with Gasteiger partial charge < -0.3 is 14.6 Å². The van der Waals surface area contributed by atoms with Crippen molar-refractivity contribution in [1.82, 2.24) is 24.6 Å². The molecule has 8 heteroatoms. The maximum absolute atomic E-state index is 6.10. The second-order valence-electron chi connectivity index (χ2n) is 4.83. The Labute approximate surface area is 125 Å². The average Bonchev–Trinajstić information content (AvgIpc) is 3.17. The summed E-state index contributed by atoms with van der Waals surface area (Å²) in [6.07, 6.45) is 6.94. The number of aromatic nitrogens is 5. The van der Waals surface area contributed by atoms with Gasteiger partial charge in [0.25, 0.3) is 0 Å². The number of halogens is 1. The molecule has 1 aliphatic heterocycles. The van der Waals surface area contributed by atoms with Gasteiger partial charge in [-0.2, -0.15) is 5.10 Å². The average molecular weight is 305 g/mol. The van der Waals surface area contributed by atoms with E-state index in [1.165, 1.54) is 0 Å². The molecule has 0 bridgehead atoms. The molecule has 7 nitrogen and oxygen atoms in total. The van der Waals surface area contributed by atoms with Gasteiger partial charge in [-0.1, -0.05) is 11.6 Å². The third-order valence-corrected chi connectivity index (χ3v) is 3.73. The summed E-state index contributed by atoms with van der Waals surface area (Å²) in [5.74, 6) is 0.833. The summed E-state index contributed by atoms with van der Waals surface area (Å²) in [6.45, 7) is 2.09. The smallest absolute Gasteiger partial charge is 0.177 e. The van der Waals surface area contributed by atoms with Crippen LogP contribution in [-0.4, -0.2) is 44.3 Å². The van der Waals surface area contributed by atoms with Crippen LogP contribution in [0, 0.1) is 0 Å². The van der Waals surface area contributed by atoms with Crippen LogP contribution in [0.3, 0.4) is 0 Å². The highest BCUT2D eigenvalue weighted by Gasteiger charge is 2.25. The van der Waals surface area contributed by atoms with E-state index in [-0.39, 0.29) is 6.10 Å². The Morgan fingerprint density at radius 1 is 1.33 bits per heavy atom. The number of H-pyrrole nitrogens is 1. The maximum atomic E-state index is 6.10.